The Morgan fingerprint density at radius 1 is 1.27 bits per heavy atom. The van der Waals surface area contributed by atoms with Crippen LogP contribution in [0, 0.1) is 11.8 Å². The first-order valence-electron chi connectivity index (χ1n) is 8.91. The number of thiophene rings is 1. The third-order valence-electron chi connectivity index (χ3n) is 4.96. The summed E-state index contributed by atoms with van der Waals surface area (Å²) >= 11 is 1.36. The van der Waals surface area contributed by atoms with Crippen molar-refractivity contribution in [3.63, 3.8) is 0 Å². The van der Waals surface area contributed by atoms with Gasteiger partial charge in [-0.1, -0.05) is 44.4 Å². The molecule has 1 N–H and O–H groups in total. The average Bonchev–Trinajstić information content (AvgIpc) is 3.15. The van der Waals surface area contributed by atoms with Gasteiger partial charge in [-0.25, -0.2) is 0 Å². The molecule has 3 rings (SSSR count). The number of benzene rings is 1. The van der Waals surface area contributed by atoms with E-state index in [4.69, 9.17) is 0 Å². The van der Waals surface area contributed by atoms with Crippen molar-refractivity contribution in [3.05, 3.63) is 57.8 Å². The molecule has 0 spiro atoms. The van der Waals surface area contributed by atoms with Crippen LogP contribution in [0.4, 0.5) is 13.2 Å². The van der Waals surface area contributed by atoms with Gasteiger partial charge in [-0.3, -0.25) is 4.79 Å². The van der Waals surface area contributed by atoms with Gasteiger partial charge < -0.3 is 5.32 Å². The van der Waals surface area contributed by atoms with Crippen LogP contribution in [-0.4, -0.2) is 5.91 Å². The number of amides is 1. The average molecular weight is 381 g/mol. The predicted molar refractivity (Wildman–Crippen MR) is 97.1 cm³/mol. The Kier molecular flexibility index (Phi) is 5.70. The Labute approximate surface area is 155 Å². The summed E-state index contributed by atoms with van der Waals surface area (Å²) in [5.41, 5.74) is 0.0785. The van der Waals surface area contributed by atoms with Crippen molar-refractivity contribution < 1.29 is 18.0 Å². The van der Waals surface area contributed by atoms with Gasteiger partial charge in [-0.2, -0.15) is 13.2 Å². The Hall–Kier alpha value is -1.82. The summed E-state index contributed by atoms with van der Waals surface area (Å²) in [6.07, 6.45) is 0.0244. The summed E-state index contributed by atoms with van der Waals surface area (Å²) in [7, 11) is 0. The van der Waals surface area contributed by atoms with Crippen LogP contribution in [0.5, 0.6) is 0 Å². The van der Waals surface area contributed by atoms with Crippen molar-refractivity contribution >= 4 is 17.2 Å². The summed E-state index contributed by atoms with van der Waals surface area (Å²) < 4.78 is 38.5. The zero-order chi connectivity index (χ0) is 18.7. The van der Waals surface area contributed by atoms with Crippen LogP contribution >= 0.6 is 11.3 Å². The van der Waals surface area contributed by atoms with Crippen molar-refractivity contribution in [2.45, 2.75) is 44.8 Å². The maximum absolute atomic E-state index is 12.8. The highest BCUT2D eigenvalue weighted by atomic mass is 32.1. The van der Waals surface area contributed by atoms with Crippen LogP contribution in [-0.2, 0) is 6.18 Å². The second-order valence-electron chi connectivity index (χ2n) is 6.85. The SMILES string of the molecule is CCCC[C@@H]1C[C@H]1C(NC(=O)c1cccs1)c1ccc(C(F)(F)F)cc1. The monoisotopic (exact) mass is 381 g/mol. The number of nitrogens with one attached hydrogen (secondary N) is 1. The molecule has 26 heavy (non-hydrogen) atoms. The van der Waals surface area contributed by atoms with E-state index >= 15 is 0 Å². The first-order chi connectivity index (χ1) is 12.4. The van der Waals surface area contributed by atoms with Crippen molar-refractivity contribution in [3.8, 4) is 0 Å². The van der Waals surface area contributed by atoms with Crippen LogP contribution in [0.2, 0.25) is 0 Å². The number of halogens is 3. The third-order valence-corrected chi connectivity index (χ3v) is 5.83. The molecule has 3 atom stereocenters. The van der Waals surface area contributed by atoms with Gasteiger partial charge in [-0.05, 0) is 47.4 Å². The minimum absolute atomic E-state index is 0.161. The van der Waals surface area contributed by atoms with Gasteiger partial charge in [0.25, 0.3) is 5.91 Å². The lowest BCUT2D eigenvalue weighted by molar-refractivity contribution is -0.137. The lowest BCUT2D eigenvalue weighted by Gasteiger charge is -2.20. The second-order valence-corrected chi connectivity index (χ2v) is 7.80. The third kappa shape index (κ3) is 4.47. The smallest absolute Gasteiger partial charge is 0.344 e. The molecule has 1 fully saturated rings. The fourth-order valence-electron chi connectivity index (χ4n) is 3.41. The Morgan fingerprint density at radius 2 is 2.00 bits per heavy atom. The highest BCUT2D eigenvalue weighted by Crippen LogP contribution is 2.50. The summed E-state index contributed by atoms with van der Waals surface area (Å²) in [5, 5.41) is 4.89. The van der Waals surface area contributed by atoms with E-state index in [0.717, 1.165) is 43.4 Å². The lowest BCUT2D eigenvalue weighted by atomic mass is 9.98. The van der Waals surface area contributed by atoms with E-state index in [1.54, 1.807) is 6.07 Å². The van der Waals surface area contributed by atoms with Gasteiger partial charge in [0.1, 0.15) is 0 Å². The normalized spacial score (nSPS) is 20.6. The molecule has 2 aromatic rings. The standard InChI is InChI=1S/C20H22F3NOS/c1-2-3-5-14-12-16(14)18(24-19(25)17-6-4-11-26-17)13-7-9-15(10-8-13)20(21,22)23/h4,6-11,14,16,18H,2-3,5,12H2,1H3,(H,24,25)/t14-,16-,18?/m1/s1. The number of rotatable bonds is 7. The van der Waals surface area contributed by atoms with Crippen molar-refractivity contribution in [1.82, 2.24) is 5.32 Å². The minimum atomic E-state index is -4.35. The molecule has 0 aliphatic heterocycles. The minimum Gasteiger partial charge on any atom is -0.344 e. The molecule has 2 nitrogen and oxygen atoms in total. The number of alkyl halides is 3. The predicted octanol–water partition coefficient (Wildman–Crippen LogP) is 6.06. The number of carbonyl (C=O) groups is 1. The largest absolute Gasteiger partial charge is 0.416 e. The van der Waals surface area contributed by atoms with Gasteiger partial charge >= 0.3 is 6.18 Å². The van der Waals surface area contributed by atoms with E-state index in [9.17, 15) is 18.0 Å². The van der Waals surface area contributed by atoms with E-state index in [1.165, 1.54) is 23.5 Å². The molecule has 6 heteroatoms. The van der Waals surface area contributed by atoms with Crippen LogP contribution < -0.4 is 5.32 Å². The fourth-order valence-corrected chi connectivity index (χ4v) is 4.04. The van der Waals surface area contributed by atoms with Gasteiger partial charge in [-0.15, -0.1) is 11.3 Å². The van der Waals surface area contributed by atoms with Crippen LogP contribution in [0.1, 0.15) is 59.4 Å². The molecule has 1 unspecified atom stereocenters. The lowest BCUT2D eigenvalue weighted by Crippen LogP contribution is -2.30. The van der Waals surface area contributed by atoms with E-state index in [0.29, 0.717) is 16.7 Å². The first-order valence-corrected chi connectivity index (χ1v) is 9.79. The summed E-state index contributed by atoms with van der Waals surface area (Å²) in [6.45, 7) is 2.14. The molecule has 1 aliphatic carbocycles. The van der Waals surface area contributed by atoms with Crippen LogP contribution in [0.3, 0.4) is 0 Å². The number of hydrogen-bond acceptors (Lipinski definition) is 2. The van der Waals surface area contributed by atoms with E-state index in [2.05, 4.69) is 12.2 Å². The van der Waals surface area contributed by atoms with Gasteiger partial charge in [0, 0.05) is 0 Å². The molecular weight excluding hydrogens is 359 g/mol. The van der Waals surface area contributed by atoms with E-state index in [1.807, 2.05) is 11.4 Å². The molecule has 1 aromatic heterocycles. The number of unbranched alkanes of at least 4 members (excludes halogenated alkanes) is 1. The maximum atomic E-state index is 12.8. The van der Waals surface area contributed by atoms with E-state index < -0.39 is 11.7 Å². The highest BCUT2D eigenvalue weighted by Gasteiger charge is 2.43. The molecule has 140 valence electrons. The second kappa shape index (κ2) is 7.82. The molecule has 0 saturated heterocycles. The molecule has 0 radical (unpaired) electrons. The molecule has 0 bridgehead atoms. The van der Waals surface area contributed by atoms with Crippen molar-refractivity contribution in [1.29, 1.82) is 0 Å². The molecule has 1 saturated carbocycles. The molecule has 1 amide bonds. The molecule has 1 aliphatic rings. The summed E-state index contributed by atoms with van der Waals surface area (Å²) in [5.74, 6) is 0.666. The zero-order valence-corrected chi connectivity index (χ0v) is 15.4. The number of hydrogen-bond donors (Lipinski definition) is 1. The Balaban J connectivity index is 1.78. The molecular formula is C20H22F3NOS. The van der Waals surface area contributed by atoms with Gasteiger partial charge in [0.2, 0.25) is 0 Å². The van der Waals surface area contributed by atoms with Gasteiger partial charge in [0.15, 0.2) is 0 Å². The quantitative estimate of drug-likeness (QED) is 0.620. The van der Waals surface area contributed by atoms with Crippen LogP contribution in [0.15, 0.2) is 41.8 Å². The molecule has 1 heterocycles. The Morgan fingerprint density at radius 3 is 2.58 bits per heavy atom. The van der Waals surface area contributed by atoms with Crippen molar-refractivity contribution in [2.75, 3.05) is 0 Å². The Bertz CT molecular complexity index is 725. The van der Waals surface area contributed by atoms with Crippen LogP contribution in [0.25, 0.3) is 0 Å². The summed E-state index contributed by atoms with van der Waals surface area (Å²) in [4.78, 5) is 13.1. The topological polar surface area (TPSA) is 29.1 Å². The highest BCUT2D eigenvalue weighted by molar-refractivity contribution is 7.12. The molecule has 1 aromatic carbocycles. The zero-order valence-electron chi connectivity index (χ0n) is 14.6. The summed E-state index contributed by atoms with van der Waals surface area (Å²) in [6, 6.07) is 8.52. The fraction of sp³-hybridized carbons (Fsp3) is 0.450. The maximum Gasteiger partial charge on any atom is 0.416 e. The van der Waals surface area contributed by atoms with Crippen molar-refractivity contribution in [2.24, 2.45) is 11.8 Å². The number of carbonyl (C=O) groups excluding carboxylic acids is 1. The first kappa shape index (κ1) is 19.0. The van der Waals surface area contributed by atoms with Gasteiger partial charge in [0.05, 0.1) is 16.5 Å². The van der Waals surface area contributed by atoms with E-state index in [-0.39, 0.29) is 11.9 Å².